The molecule has 2 aliphatic rings. The molecule has 172 valence electrons. The maximum absolute atomic E-state index is 13.3. The highest BCUT2D eigenvalue weighted by atomic mass is 16.7. The van der Waals surface area contributed by atoms with Gasteiger partial charge in [-0.1, -0.05) is 6.07 Å². The van der Waals surface area contributed by atoms with Gasteiger partial charge in [-0.05, 0) is 80.8 Å². The first-order chi connectivity index (χ1) is 16.2. The van der Waals surface area contributed by atoms with Gasteiger partial charge < -0.3 is 14.0 Å². The third-order valence-electron chi connectivity index (χ3n) is 6.23. The summed E-state index contributed by atoms with van der Waals surface area (Å²) in [6.07, 6.45) is 1.53. The van der Waals surface area contributed by atoms with Gasteiger partial charge in [0.05, 0.1) is 5.69 Å². The molecule has 0 radical (unpaired) electrons. The Kier molecular flexibility index (Phi) is 5.01. The third kappa shape index (κ3) is 3.44. The average molecular weight is 457 g/mol. The van der Waals surface area contributed by atoms with Crippen molar-refractivity contribution in [3.8, 4) is 17.2 Å². The van der Waals surface area contributed by atoms with Gasteiger partial charge in [-0.3, -0.25) is 14.9 Å². The average Bonchev–Trinajstić information content (AvgIpc) is 3.36. The molecule has 4 amide bonds. The summed E-state index contributed by atoms with van der Waals surface area (Å²) in [6, 6.07) is 12.0. The second kappa shape index (κ2) is 7.91. The summed E-state index contributed by atoms with van der Waals surface area (Å²) in [6.45, 7) is 8.09. The van der Waals surface area contributed by atoms with Gasteiger partial charge in [0.25, 0.3) is 11.8 Å². The van der Waals surface area contributed by atoms with Crippen LogP contribution in [0.3, 0.4) is 0 Å². The summed E-state index contributed by atoms with van der Waals surface area (Å²) < 4.78 is 12.7. The molecule has 8 nitrogen and oxygen atoms in total. The van der Waals surface area contributed by atoms with E-state index in [2.05, 4.69) is 35.9 Å². The van der Waals surface area contributed by atoms with Crippen LogP contribution >= 0.6 is 0 Å². The Balaban J connectivity index is 1.54. The molecule has 0 bridgehead atoms. The van der Waals surface area contributed by atoms with Gasteiger partial charge in [-0.2, -0.15) is 0 Å². The third-order valence-corrected chi connectivity index (χ3v) is 6.23. The smallest absolute Gasteiger partial charge is 0.335 e. The van der Waals surface area contributed by atoms with Crippen molar-refractivity contribution >= 4 is 29.6 Å². The van der Waals surface area contributed by atoms with Crippen LogP contribution in [0.15, 0.2) is 48.0 Å². The molecular formula is C26H23N3O5. The number of amides is 4. The number of hydrogen-bond acceptors (Lipinski definition) is 5. The van der Waals surface area contributed by atoms with Crippen LogP contribution in [0, 0.1) is 27.7 Å². The van der Waals surface area contributed by atoms with Crippen molar-refractivity contribution in [2.75, 3.05) is 11.7 Å². The molecule has 5 rings (SSSR count). The topological polar surface area (TPSA) is 89.9 Å². The van der Waals surface area contributed by atoms with Gasteiger partial charge in [-0.25, -0.2) is 9.69 Å². The lowest BCUT2D eigenvalue weighted by Gasteiger charge is -2.26. The van der Waals surface area contributed by atoms with Gasteiger partial charge >= 0.3 is 6.03 Å². The highest BCUT2D eigenvalue weighted by molar-refractivity contribution is 6.39. The highest BCUT2D eigenvalue weighted by Crippen LogP contribution is 2.36. The number of benzene rings is 2. The molecule has 8 heteroatoms. The monoisotopic (exact) mass is 457 g/mol. The highest BCUT2D eigenvalue weighted by Gasteiger charge is 2.37. The quantitative estimate of drug-likeness (QED) is 0.472. The molecule has 3 aromatic rings. The molecule has 0 atom stereocenters. The number of fused-ring (bicyclic) bond motifs is 1. The number of aromatic nitrogens is 1. The largest absolute Gasteiger partial charge is 0.454 e. The number of urea groups is 1. The van der Waals surface area contributed by atoms with E-state index in [9.17, 15) is 14.4 Å². The van der Waals surface area contributed by atoms with Crippen molar-refractivity contribution in [1.29, 1.82) is 0 Å². The van der Waals surface area contributed by atoms with Crippen LogP contribution in [0.2, 0.25) is 0 Å². The van der Waals surface area contributed by atoms with Crippen molar-refractivity contribution in [1.82, 2.24) is 9.88 Å². The number of imide groups is 2. The predicted octanol–water partition coefficient (Wildman–Crippen LogP) is 4.11. The molecule has 0 saturated carbocycles. The standard InChI is InChI=1S/C26H23N3O5/c1-14-5-6-19(9-15(14)2)28-16(3)10-18(17(28)4)11-21-24(30)27-26(32)29(25(21)31)20-7-8-22-23(12-20)34-13-33-22/h5-12H,13H2,1-4H3,(H,27,30,32)/b21-11+. The van der Waals surface area contributed by atoms with Gasteiger partial charge in [-0.15, -0.1) is 0 Å². The molecule has 1 aromatic heterocycles. The van der Waals surface area contributed by atoms with Gasteiger partial charge in [0.2, 0.25) is 6.79 Å². The first-order valence-electron chi connectivity index (χ1n) is 10.8. The zero-order valence-corrected chi connectivity index (χ0v) is 19.3. The second-order valence-electron chi connectivity index (χ2n) is 8.43. The van der Waals surface area contributed by atoms with Crippen LogP contribution in [0.1, 0.15) is 28.1 Å². The first kappa shape index (κ1) is 21.5. The van der Waals surface area contributed by atoms with Gasteiger partial charge in [0.15, 0.2) is 11.5 Å². The van der Waals surface area contributed by atoms with Crippen LogP contribution in [-0.4, -0.2) is 29.2 Å². The van der Waals surface area contributed by atoms with E-state index in [1.807, 2.05) is 26.0 Å². The number of carbonyl (C=O) groups excluding carboxylic acids is 3. The minimum Gasteiger partial charge on any atom is -0.454 e. The molecular weight excluding hydrogens is 434 g/mol. The summed E-state index contributed by atoms with van der Waals surface area (Å²) in [4.78, 5) is 39.4. The van der Waals surface area contributed by atoms with Crippen LogP contribution in [0.4, 0.5) is 10.5 Å². The molecule has 2 aromatic carbocycles. The van der Waals surface area contributed by atoms with E-state index in [1.54, 1.807) is 18.2 Å². The number of carbonyl (C=O) groups is 3. The number of rotatable bonds is 3. The van der Waals surface area contributed by atoms with Crippen LogP contribution in [-0.2, 0) is 9.59 Å². The molecule has 1 fully saturated rings. The number of ether oxygens (including phenoxy) is 2. The van der Waals surface area contributed by atoms with Crippen molar-refractivity contribution in [3.63, 3.8) is 0 Å². The Labute approximate surface area is 196 Å². The fourth-order valence-electron chi connectivity index (χ4n) is 4.27. The molecule has 0 spiro atoms. The minimum absolute atomic E-state index is 0.0681. The van der Waals surface area contributed by atoms with Crippen molar-refractivity contribution < 1.29 is 23.9 Å². The summed E-state index contributed by atoms with van der Waals surface area (Å²) in [5.74, 6) is -0.483. The van der Waals surface area contributed by atoms with Gasteiger partial charge in [0.1, 0.15) is 5.57 Å². The fourth-order valence-corrected chi connectivity index (χ4v) is 4.27. The summed E-state index contributed by atoms with van der Waals surface area (Å²) in [7, 11) is 0. The number of aryl methyl sites for hydroxylation is 3. The van der Waals surface area contributed by atoms with E-state index < -0.39 is 17.8 Å². The lowest BCUT2D eigenvalue weighted by molar-refractivity contribution is -0.122. The summed E-state index contributed by atoms with van der Waals surface area (Å²) in [5.41, 5.74) is 6.08. The Morgan fingerprint density at radius 1 is 0.853 bits per heavy atom. The number of anilines is 1. The van der Waals surface area contributed by atoms with E-state index in [0.29, 0.717) is 17.1 Å². The first-order valence-corrected chi connectivity index (χ1v) is 10.8. The lowest BCUT2D eigenvalue weighted by Crippen LogP contribution is -2.54. The molecule has 1 saturated heterocycles. The van der Waals surface area contributed by atoms with Crippen LogP contribution in [0.5, 0.6) is 11.5 Å². The zero-order valence-electron chi connectivity index (χ0n) is 19.3. The van der Waals surface area contributed by atoms with E-state index in [1.165, 1.54) is 17.2 Å². The summed E-state index contributed by atoms with van der Waals surface area (Å²) in [5, 5.41) is 2.26. The van der Waals surface area contributed by atoms with E-state index in [0.717, 1.165) is 22.0 Å². The fraction of sp³-hybridized carbons (Fsp3) is 0.192. The van der Waals surface area contributed by atoms with Gasteiger partial charge in [0, 0.05) is 23.1 Å². The predicted molar refractivity (Wildman–Crippen MR) is 126 cm³/mol. The summed E-state index contributed by atoms with van der Waals surface area (Å²) >= 11 is 0. The zero-order chi connectivity index (χ0) is 24.1. The number of hydrogen-bond donors (Lipinski definition) is 1. The molecule has 0 aliphatic carbocycles. The van der Waals surface area contributed by atoms with Crippen molar-refractivity contribution in [2.24, 2.45) is 0 Å². The maximum Gasteiger partial charge on any atom is 0.335 e. The SMILES string of the molecule is Cc1ccc(-n2c(C)cc(/C=C3\C(=O)NC(=O)N(c4ccc5c(c4)OCO5)C3=O)c2C)cc1C. The van der Waals surface area contributed by atoms with E-state index >= 15 is 0 Å². The lowest BCUT2D eigenvalue weighted by atomic mass is 10.1. The number of nitrogens with zero attached hydrogens (tertiary/aromatic N) is 2. The maximum atomic E-state index is 13.3. The van der Waals surface area contributed by atoms with Crippen molar-refractivity contribution in [3.05, 3.63) is 76.1 Å². The Bertz CT molecular complexity index is 1420. The molecule has 2 aliphatic heterocycles. The van der Waals surface area contributed by atoms with E-state index in [-0.39, 0.29) is 18.1 Å². The van der Waals surface area contributed by atoms with Crippen molar-refractivity contribution in [2.45, 2.75) is 27.7 Å². The normalized spacial score (nSPS) is 16.4. The van der Waals surface area contributed by atoms with Crippen LogP contribution < -0.4 is 19.7 Å². The molecule has 0 unspecified atom stereocenters. The molecule has 1 N–H and O–H groups in total. The second-order valence-corrected chi connectivity index (χ2v) is 8.43. The Hall–Kier alpha value is -4.33. The van der Waals surface area contributed by atoms with Crippen LogP contribution in [0.25, 0.3) is 11.8 Å². The van der Waals surface area contributed by atoms with E-state index in [4.69, 9.17) is 9.47 Å². The molecule has 34 heavy (non-hydrogen) atoms. The number of barbiturate groups is 1. The number of nitrogens with one attached hydrogen (secondary N) is 1. The Morgan fingerprint density at radius 3 is 2.35 bits per heavy atom. The Morgan fingerprint density at radius 2 is 1.59 bits per heavy atom. The molecule has 3 heterocycles. The minimum atomic E-state index is -0.813.